The van der Waals surface area contributed by atoms with Crippen LogP contribution in [0.3, 0.4) is 0 Å². The van der Waals surface area contributed by atoms with Crippen molar-refractivity contribution in [2.45, 2.75) is 38.3 Å². The van der Waals surface area contributed by atoms with Gasteiger partial charge in [0.1, 0.15) is 0 Å². The molecule has 0 unspecified atom stereocenters. The number of nitrogens with one attached hydrogen (secondary N) is 1. The van der Waals surface area contributed by atoms with Gasteiger partial charge in [0, 0.05) is 33.6 Å². The molecule has 0 heterocycles. The van der Waals surface area contributed by atoms with Crippen LogP contribution in [-0.4, -0.2) is 44.2 Å². The van der Waals surface area contributed by atoms with Crippen molar-refractivity contribution in [1.82, 2.24) is 10.2 Å². The van der Waals surface area contributed by atoms with E-state index in [4.69, 9.17) is 0 Å². The zero-order valence-electron chi connectivity index (χ0n) is 11.8. The molecule has 0 fully saturated rings. The summed E-state index contributed by atoms with van der Waals surface area (Å²) in [5, 5.41) is 3.07. The normalized spacial score (nSPS) is 12.4. The van der Waals surface area contributed by atoms with E-state index in [1.54, 1.807) is 7.05 Å². The molecule has 0 bridgehead atoms. The molecule has 0 atom stereocenters. The summed E-state index contributed by atoms with van der Waals surface area (Å²) in [5.41, 5.74) is 0. The maximum absolute atomic E-state index is 11.9. The van der Waals surface area contributed by atoms with E-state index >= 15 is 0 Å². The lowest BCUT2D eigenvalue weighted by atomic mass is 10.2. The second-order valence-corrected chi connectivity index (χ2v) is 4.40. The largest absolute Gasteiger partial charge is 0.389 e. The Kier molecular flexibility index (Phi) is 9.08. The molecule has 0 aliphatic carbocycles. The molecule has 112 valence electrons. The van der Waals surface area contributed by atoms with Gasteiger partial charge >= 0.3 is 6.18 Å². The standard InChI is InChI=1S/C13H24F3N3/c1-4-5-8-11-19(3)12(17-2)18-10-7-6-9-13(14,15)16/h4H,1,5-11H2,2-3H3,(H,17,18). The average molecular weight is 279 g/mol. The van der Waals surface area contributed by atoms with Crippen molar-refractivity contribution in [2.75, 3.05) is 27.2 Å². The maximum Gasteiger partial charge on any atom is 0.389 e. The number of nitrogens with zero attached hydrogens (tertiary/aromatic N) is 2. The van der Waals surface area contributed by atoms with E-state index in [0.29, 0.717) is 13.0 Å². The molecule has 0 aromatic rings. The zero-order valence-corrected chi connectivity index (χ0v) is 11.8. The molecule has 0 amide bonds. The highest BCUT2D eigenvalue weighted by Gasteiger charge is 2.25. The van der Waals surface area contributed by atoms with Crippen LogP contribution in [0.15, 0.2) is 17.6 Å². The van der Waals surface area contributed by atoms with Gasteiger partial charge < -0.3 is 10.2 Å². The minimum absolute atomic E-state index is 0.147. The summed E-state index contributed by atoms with van der Waals surface area (Å²) < 4.78 is 35.8. The van der Waals surface area contributed by atoms with Crippen molar-refractivity contribution in [3.63, 3.8) is 0 Å². The fourth-order valence-electron chi connectivity index (χ4n) is 1.61. The van der Waals surface area contributed by atoms with Gasteiger partial charge in [-0.1, -0.05) is 6.08 Å². The Morgan fingerprint density at radius 2 is 2.00 bits per heavy atom. The number of alkyl halides is 3. The van der Waals surface area contributed by atoms with Crippen molar-refractivity contribution in [3.05, 3.63) is 12.7 Å². The van der Waals surface area contributed by atoms with E-state index in [9.17, 15) is 13.2 Å². The van der Waals surface area contributed by atoms with Gasteiger partial charge in [0.15, 0.2) is 5.96 Å². The monoisotopic (exact) mass is 279 g/mol. The van der Waals surface area contributed by atoms with E-state index in [0.717, 1.165) is 25.3 Å². The molecule has 0 rings (SSSR count). The number of hydrogen-bond donors (Lipinski definition) is 1. The highest BCUT2D eigenvalue weighted by atomic mass is 19.4. The number of rotatable bonds is 8. The smallest absolute Gasteiger partial charge is 0.356 e. The van der Waals surface area contributed by atoms with Gasteiger partial charge in [-0.05, 0) is 25.7 Å². The Bertz CT molecular complexity index is 275. The highest BCUT2D eigenvalue weighted by molar-refractivity contribution is 5.79. The van der Waals surface area contributed by atoms with Crippen molar-refractivity contribution >= 4 is 5.96 Å². The third-order valence-electron chi connectivity index (χ3n) is 2.65. The Balaban J connectivity index is 3.79. The van der Waals surface area contributed by atoms with Crippen LogP contribution in [0.1, 0.15) is 32.1 Å². The Morgan fingerprint density at radius 1 is 1.32 bits per heavy atom. The lowest BCUT2D eigenvalue weighted by Gasteiger charge is -2.21. The molecule has 0 saturated heterocycles. The molecule has 3 nitrogen and oxygen atoms in total. The van der Waals surface area contributed by atoms with Crippen LogP contribution in [0.4, 0.5) is 13.2 Å². The van der Waals surface area contributed by atoms with Crippen molar-refractivity contribution in [3.8, 4) is 0 Å². The van der Waals surface area contributed by atoms with E-state index in [1.165, 1.54) is 0 Å². The molecular formula is C13H24F3N3. The van der Waals surface area contributed by atoms with Crippen LogP contribution >= 0.6 is 0 Å². The lowest BCUT2D eigenvalue weighted by Crippen LogP contribution is -2.39. The molecule has 0 aliphatic rings. The van der Waals surface area contributed by atoms with Gasteiger partial charge in [-0.3, -0.25) is 4.99 Å². The van der Waals surface area contributed by atoms with Gasteiger partial charge in [-0.25, -0.2) is 0 Å². The predicted molar refractivity (Wildman–Crippen MR) is 73.3 cm³/mol. The van der Waals surface area contributed by atoms with E-state index in [2.05, 4.69) is 16.9 Å². The van der Waals surface area contributed by atoms with Crippen LogP contribution in [0.25, 0.3) is 0 Å². The summed E-state index contributed by atoms with van der Waals surface area (Å²) in [5.74, 6) is 0.719. The summed E-state index contributed by atoms with van der Waals surface area (Å²) in [6.45, 7) is 5.01. The number of halogens is 3. The minimum Gasteiger partial charge on any atom is -0.356 e. The molecule has 19 heavy (non-hydrogen) atoms. The number of unbranched alkanes of at least 4 members (excludes halogenated alkanes) is 2. The average Bonchev–Trinajstić information content (AvgIpc) is 2.32. The number of guanidine groups is 1. The molecule has 0 saturated carbocycles. The van der Waals surface area contributed by atoms with Crippen LogP contribution in [0.2, 0.25) is 0 Å². The first-order valence-electron chi connectivity index (χ1n) is 6.50. The molecule has 0 radical (unpaired) electrons. The number of aliphatic imine (C=N–C) groups is 1. The van der Waals surface area contributed by atoms with Crippen LogP contribution in [-0.2, 0) is 0 Å². The first-order valence-corrected chi connectivity index (χ1v) is 6.50. The molecule has 0 spiro atoms. The van der Waals surface area contributed by atoms with Crippen molar-refractivity contribution < 1.29 is 13.2 Å². The Hall–Kier alpha value is -1.20. The van der Waals surface area contributed by atoms with Gasteiger partial charge in [-0.2, -0.15) is 13.2 Å². The summed E-state index contributed by atoms with van der Waals surface area (Å²) in [6, 6.07) is 0. The predicted octanol–water partition coefficient (Wildman–Crippen LogP) is 3.19. The second-order valence-electron chi connectivity index (χ2n) is 4.40. The quantitative estimate of drug-likeness (QED) is 0.320. The zero-order chi connectivity index (χ0) is 14.7. The van der Waals surface area contributed by atoms with Crippen LogP contribution in [0, 0.1) is 0 Å². The number of hydrogen-bond acceptors (Lipinski definition) is 1. The van der Waals surface area contributed by atoms with Crippen molar-refractivity contribution in [2.24, 2.45) is 4.99 Å². The fraction of sp³-hybridized carbons (Fsp3) is 0.769. The van der Waals surface area contributed by atoms with E-state index < -0.39 is 12.6 Å². The first-order chi connectivity index (χ1) is 8.90. The minimum atomic E-state index is -4.05. The Morgan fingerprint density at radius 3 is 2.53 bits per heavy atom. The molecule has 0 aromatic heterocycles. The number of allylic oxidation sites excluding steroid dienone is 1. The summed E-state index contributed by atoms with van der Waals surface area (Å²) in [4.78, 5) is 6.06. The molecular weight excluding hydrogens is 255 g/mol. The highest BCUT2D eigenvalue weighted by Crippen LogP contribution is 2.21. The summed E-state index contributed by atoms with van der Waals surface area (Å²) in [7, 11) is 3.58. The molecule has 6 heteroatoms. The van der Waals surface area contributed by atoms with Gasteiger partial charge in [-0.15, -0.1) is 6.58 Å². The van der Waals surface area contributed by atoms with Crippen LogP contribution in [0.5, 0.6) is 0 Å². The SMILES string of the molecule is C=CCCCN(C)C(=NC)NCCCCC(F)(F)F. The molecule has 0 aliphatic heterocycles. The third-order valence-corrected chi connectivity index (χ3v) is 2.65. The Labute approximate surface area is 113 Å². The first kappa shape index (κ1) is 17.8. The summed E-state index contributed by atoms with van der Waals surface area (Å²) in [6.07, 6.45) is -0.360. The molecule has 0 aromatic carbocycles. The fourth-order valence-corrected chi connectivity index (χ4v) is 1.61. The van der Waals surface area contributed by atoms with Gasteiger partial charge in [0.25, 0.3) is 0 Å². The van der Waals surface area contributed by atoms with Crippen LogP contribution < -0.4 is 5.32 Å². The van der Waals surface area contributed by atoms with E-state index in [-0.39, 0.29) is 6.42 Å². The third kappa shape index (κ3) is 10.4. The topological polar surface area (TPSA) is 27.6 Å². The maximum atomic E-state index is 11.9. The summed E-state index contributed by atoms with van der Waals surface area (Å²) >= 11 is 0. The second kappa shape index (κ2) is 9.69. The van der Waals surface area contributed by atoms with E-state index in [1.807, 2.05) is 18.0 Å². The van der Waals surface area contributed by atoms with Gasteiger partial charge in [0.2, 0.25) is 0 Å². The van der Waals surface area contributed by atoms with Gasteiger partial charge in [0.05, 0.1) is 0 Å². The van der Waals surface area contributed by atoms with Crippen molar-refractivity contribution in [1.29, 1.82) is 0 Å². The lowest BCUT2D eigenvalue weighted by molar-refractivity contribution is -0.135. The molecule has 1 N–H and O–H groups in total.